The first kappa shape index (κ1) is 14.4. The lowest BCUT2D eigenvalue weighted by molar-refractivity contribution is 0.0459. The summed E-state index contributed by atoms with van der Waals surface area (Å²) in [6.45, 7) is 2.17. The molecule has 1 saturated carbocycles. The molecule has 1 nitrogen and oxygen atoms in total. The van der Waals surface area contributed by atoms with Crippen LogP contribution in [0.25, 0.3) is 0 Å². The van der Waals surface area contributed by atoms with Gasteiger partial charge >= 0.3 is 0 Å². The Morgan fingerprint density at radius 2 is 2.05 bits per heavy atom. The van der Waals surface area contributed by atoms with Crippen LogP contribution in [0.4, 0.5) is 8.78 Å². The zero-order chi connectivity index (χ0) is 13.8. The van der Waals surface area contributed by atoms with Crippen molar-refractivity contribution in [1.82, 2.24) is 0 Å². The number of hydrogen-bond donors (Lipinski definition) is 1. The van der Waals surface area contributed by atoms with Crippen molar-refractivity contribution >= 4 is 0 Å². The van der Waals surface area contributed by atoms with Gasteiger partial charge in [0, 0.05) is 6.07 Å². The Hall–Kier alpha value is -0.960. The molecule has 3 atom stereocenters. The Morgan fingerprint density at radius 3 is 2.74 bits per heavy atom. The Morgan fingerprint density at radius 1 is 1.26 bits per heavy atom. The number of benzene rings is 1. The monoisotopic (exact) mass is 268 g/mol. The van der Waals surface area contributed by atoms with Crippen LogP contribution in [0, 0.1) is 23.5 Å². The minimum Gasteiger partial charge on any atom is -0.393 e. The van der Waals surface area contributed by atoms with Crippen molar-refractivity contribution in [1.29, 1.82) is 0 Å². The van der Waals surface area contributed by atoms with Gasteiger partial charge < -0.3 is 5.11 Å². The summed E-state index contributed by atoms with van der Waals surface area (Å²) in [6, 6.07) is 3.71. The topological polar surface area (TPSA) is 20.2 Å². The van der Waals surface area contributed by atoms with E-state index in [1.165, 1.54) is 18.6 Å². The average Bonchev–Trinajstić information content (AvgIpc) is 2.37. The Balaban J connectivity index is 2.03. The van der Waals surface area contributed by atoms with E-state index in [4.69, 9.17) is 0 Å². The first-order valence-corrected chi connectivity index (χ1v) is 7.22. The van der Waals surface area contributed by atoms with Crippen molar-refractivity contribution in [2.75, 3.05) is 0 Å². The maximum Gasteiger partial charge on any atom is 0.129 e. The van der Waals surface area contributed by atoms with E-state index in [9.17, 15) is 13.9 Å². The normalized spacial score (nSPS) is 27.5. The van der Waals surface area contributed by atoms with Gasteiger partial charge in [0.15, 0.2) is 0 Å². The highest BCUT2D eigenvalue weighted by Crippen LogP contribution is 2.34. The zero-order valence-electron chi connectivity index (χ0n) is 11.4. The summed E-state index contributed by atoms with van der Waals surface area (Å²) >= 11 is 0. The third kappa shape index (κ3) is 3.75. The van der Waals surface area contributed by atoms with E-state index < -0.39 is 11.6 Å². The van der Waals surface area contributed by atoms with Gasteiger partial charge in [0.1, 0.15) is 11.6 Å². The van der Waals surface area contributed by atoms with Crippen molar-refractivity contribution < 1.29 is 13.9 Å². The molecule has 0 saturated heterocycles. The SMILES string of the molecule is CCCC1CCC(O)C(Cc2ccc(F)cc2F)C1. The molecule has 0 spiro atoms. The summed E-state index contributed by atoms with van der Waals surface area (Å²) < 4.78 is 26.5. The standard InChI is InChI=1S/C16H22F2O/c1-2-3-11-4-7-16(19)13(8-11)9-12-5-6-14(17)10-15(12)18/h5-6,10-11,13,16,19H,2-4,7-9H2,1H3. The second-order valence-electron chi connectivity index (χ2n) is 5.74. The van der Waals surface area contributed by atoms with Crippen LogP contribution in [0.2, 0.25) is 0 Å². The number of halogens is 2. The van der Waals surface area contributed by atoms with Gasteiger partial charge in [0.2, 0.25) is 0 Å². The molecule has 0 aliphatic heterocycles. The summed E-state index contributed by atoms with van der Waals surface area (Å²) in [5.74, 6) is -0.300. The van der Waals surface area contributed by atoms with Gasteiger partial charge in [0.25, 0.3) is 0 Å². The van der Waals surface area contributed by atoms with Gasteiger partial charge in [-0.1, -0.05) is 25.8 Å². The van der Waals surface area contributed by atoms with Crippen LogP contribution in [0.1, 0.15) is 44.6 Å². The highest BCUT2D eigenvalue weighted by Gasteiger charge is 2.29. The Labute approximate surface area is 113 Å². The van der Waals surface area contributed by atoms with Gasteiger partial charge in [0.05, 0.1) is 6.10 Å². The molecule has 1 fully saturated rings. The zero-order valence-corrected chi connectivity index (χ0v) is 11.4. The number of rotatable bonds is 4. The van der Waals surface area contributed by atoms with Crippen LogP contribution >= 0.6 is 0 Å². The van der Waals surface area contributed by atoms with Crippen LogP contribution < -0.4 is 0 Å². The molecule has 0 radical (unpaired) electrons. The van der Waals surface area contributed by atoms with Crippen LogP contribution in [-0.2, 0) is 6.42 Å². The highest BCUT2D eigenvalue weighted by molar-refractivity contribution is 5.19. The van der Waals surface area contributed by atoms with E-state index in [2.05, 4.69) is 6.92 Å². The van der Waals surface area contributed by atoms with E-state index in [-0.39, 0.29) is 12.0 Å². The van der Waals surface area contributed by atoms with Crippen LogP contribution in [0.5, 0.6) is 0 Å². The third-order valence-electron chi connectivity index (χ3n) is 4.25. The lowest BCUT2D eigenvalue weighted by Gasteiger charge is -2.33. The fourth-order valence-electron chi connectivity index (χ4n) is 3.20. The van der Waals surface area contributed by atoms with Crippen molar-refractivity contribution in [3.8, 4) is 0 Å². The summed E-state index contributed by atoms with van der Waals surface area (Å²) in [4.78, 5) is 0. The maximum absolute atomic E-state index is 13.7. The first-order valence-electron chi connectivity index (χ1n) is 7.22. The average molecular weight is 268 g/mol. The molecule has 3 unspecified atom stereocenters. The molecule has 3 heteroatoms. The Bertz CT molecular complexity index is 419. The largest absolute Gasteiger partial charge is 0.393 e. The van der Waals surface area contributed by atoms with Gasteiger partial charge in [-0.3, -0.25) is 0 Å². The minimum atomic E-state index is -0.547. The predicted octanol–water partition coefficient (Wildman–Crippen LogP) is 4.08. The van der Waals surface area contributed by atoms with Crippen molar-refractivity contribution in [3.63, 3.8) is 0 Å². The van der Waals surface area contributed by atoms with E-state index >= 15 is 0 Å². The number of aliphatic hydroxyl groups is 1. The van der Waals surface area contributed by atoms with Crippen LogP contribution in [-0.4, -0.2) is 11.2 Å². The molecular formula is C16H22F2O. The fraction of sp³-hybridized carbons (Fsp3) is 0.625. The first-order chi connectivity index (χ1) is 9.10. The molecule has 2 rings (SSSR count). The number of hydrogen-bond acceptors (Lipinski definition) is 1. The maximum atomic E-state index is 13.7. The third-order valence-corrected chi connectivity index (χ3v) is 4.25. The van der Waals surface area contributed by atoms with Gasteiger partial charge in [-0.2, -0.15) is 0 Å². The molecule has 1 aliphatic rings. The van der Waals surface area contributed by atoms with Crippen LogP contribution in [0.15, 0.2) is 18.2 Å². The van der Waals surface area contributed by atoms with Crippen LogP contribution in [0.3, 0.4) is 0 Å². The van der Waals surface area contributed by atoms with Crippen molar-refractivity contribution in [2.24, 2.45) is 11.8 Å². The van der Waals surface area contributed by atoms with Gasteiger partial charge in [-0.25, -0.2) is 8.78 Å². The summed E-state index contributed by atoms with van der Waals surface area (Å²) in [6.07, 6.45) is 5.31. The molecule has 0 amide bonds. The number of aliphatic hydroxyl groups excluding tert-OH is 1. The van der Waals surface area contributed by atoms with Gasteiger partial charge in [-0.05, 0) is 49.1 Å². The summed E-state index contributed by atoms with van der Waals surface area (Å²) in [7, 11) is 0. The molecular weight excluding hydrogens is 246 g/mol. The Kier molecular flexibility index (Phi) is 4.92. The molecule has 19 heavy (non-hydrogen) atoms. The van der Waals surface area contributed by atoms with E-state index in [1.807, 2.05) is 0 Å². The van der Waals surface area contributed by atoms with E-state index in [0.717, 1.165) is 31.7 Å². The lowest BCUT2D eigenvalue weighted by atomic mass is 9.75. The molecule has 106 valence electrons. The van der Waals surface area contributed by atoms with E-state index in [0.29, 0.717) is 17.9 Å². The quantitative estimate of drug-likeness (QED) is 0.872. The lowest BCUT2D eigenvalue weighted by Crippen LogP contribution is -2.30. The fourth-order valence-corrected chi connectivity index (χ4v) is 3.20. The molecule has 1 aliphatic carbocycles. The predicted molar refractivity (Wildman–Crippen MR) is 71.8 cm³/mol. The molecule has 0 heterocycles. The van der Waals surface area contributed by atoms with E-state index in [1.54, 1.807) is 0 Å². The second-order valence-corrected chi connectivity index (χ2v) is 5.74. The van der Waals surface area contributed by atoms with Crippen molar-refractivity contribution in [2.45, 2.75) is 51.6 Å². The molecule has 1 aromatic rings. The molecule has 0 aromatic heterocycles. The highest BCUT2D eigenvalue weighted by atomic mass is 19.1. The molecule has 1 aromatic carbocycles. The molecule has 0 bridgehead atoms. The molecule has 1 N–H and O–H groups in total. The minimum absolute atomic E-state index is 0.102. The second kappa shape index (κ2) is 6.47. The summed E-state index contributed by atoms with van der Waals surface area (Å²) in [5.41, 5.74) is 0.516. The van der Waals surface area contributed by atoms with Crippen molar-refractivity contribution in [3.05, 3.63) is 35.4 Å². The van der Waals surface area contributed by atoms with Gasteiger partial charge in [-0.15, -0.1) is 0 Å². The summed E-state index contributed by atoms with van der Waals surface area (Å²) in [5, 5.41) is 10.1. The smallest absolute Gasteiger partial charge is 0.129 e.